The van der Waals surface area contributed by atoms with Gasteiger partial charge in [0.15, 0.2) is 0 Å². The number of imidazole rings is 1. The number of hydrogen-bond donors (Lipinski definition) is 3. The van der Waals surface area contributed by atoms with Crippen LogP contribution in [0.5, 0.6) is 5.75 Å². The smallest absolute Gasteiger partial charge is 0.251 e. The molecule has 0 aliphatic heterocycles. The number of aliphatic hydroxyl groups excluding tert-OH is 2. The molecule has 2 heterocycles. The molecular weight excluding hydrogens is 492 g/mol. The zero-order valence-corrected chi connectivity index (χ0v) is 22.0. The van der Waals surface area contributed by atoms with Gasteiger partial charge in [-0.3, -0.25) is 4.79 Å². The minimum absolute atomic E-state index is 0.0335. The number of amides is 1. The van der Waals surface area contributed by atoms with E-state index in [4.69, 9.17) is 14.8 Å². The number of rotatable bonds is 11. The lowest BCUT2D eigenvalue weighted by Crippen LogP contribution is -2.37. The highest BCUT2D eigenvalue weighted by atomic mass is 16.5. The van der Waals surface area contributed by atoms with Crippen molar-refractivity contribution in [1.82, 2.24) is 14.7 Å². The van der Waals surface area contributed by atoms with Crippen molar-refractivity contribution in [1.29, 1.82) is 5.26 Å². The summed E-state index contributed by atoms with van der Waals surface area (Å²) in [6.07, 6.45) is 8.26. The van der Waals surface area contributed by atoms with Gasteiger partial charge in [0.25, 0.3) is 5.91 Å². The normalized spacial score (nSPS) is 12.1. The second-order valence-corrected chi connectivity index (χ2v) is 9.48. The van der Waals surface area contributed by atoms with Crippen molar-refractivity contribution in [3.8, 4) is 23.1 Å². The summed E-state index contributed by atoms with van der Waals surface area (Å²) < 4.78 is 7.60. The number of aliphatic hydroxyl groups is 2. The SMILES string of the molecule is CC(C)Oc1ccc(C(=O)NC(CCO)Cc2ccc(-c3cn4cccc(/C=C/CO)c4n3)cc2)cc1C#N. The number of pyridine rings is 1. The Morgan fingerprint density at radius 3 is 2.67 bits per heavy atom. The van der Waals surface area contributed by atoms with E-state index in [-0.39, 0.29) is 31.3 Å². The van der Waals surface area contributed by atoms with Gasteiger partial charge in [-0.05, 0) is 62.6 Å². The van der Waals surface area contributed by atoms with Gasteiger partial charge in [0, 0.05) is 41.7 Å². The maximum Gasteiger partial charge on any atom is 0.251 e. The van der Waals surface area contributed by atoms with Crippen molar-refractivity contribution in [3.63, 3.8) is 0 Å². The third kappa shape index (κ3) is 6.90. The van der Waals surface area contributed by atoms with E-state index in [1.165, 1.54) is 6.07 Å². The van der Waals surface area contributed by atoms with E-state index in [0.717, 1.165) is 28.0 Å². The van der Waals surface area contributed by atoms with Gasteiger partial charge in [0.1, 0.15) is 17.5 Å². The van der Waals surface area contributed by atoms with Crippen molar-refractivity contribution < 1.29 is 19.7 Å². The second-order valence-electron chi connectivity index (χ2n) is 9.48. The standard InChI is InChI=1S/C31H32N4O4/c1-21(2)39-29-12-11-25(18-26(29)19-32)31(38)33-27(13-16-37)17-22-7-9-23(10-8-22)28-20-35-14-3-5-24(6-4-15-36)30(35)34-28/h3-12,14,18,20-21,27,36-37H,13,15-17H2,1-2H3,(H,33,38)/b6-4+. The number of nitrogens with zero attached hydrogens (tertiary/aromatic N) is 3. The van der Waals surface area contributed by atoms with E-state index in [2.05, 4.69) is 11.4 Å². The summed E-state index contributed by atoms with van der Waals surface area (Å²) in [5.41, 5.74) is 5.16. The van der Waals surface area contributed by atoms with Gasteiger partial charge in [-0.15, -0.1) is 0 Å². The molecule has 0 saturated carbocycles. The highest BCUT2D eigenvalue weighted by molar-refractivity contribution is 5.95. The van der Waals surface area contributed by atoms with Gasteiger partial charge in [-0.2, -0.15) is 5.26 Å². The minimum Gasteiger partial charge on any atom is -0.490 e. The van der Waals surface area contributed by atoms with E-state index in [0.29, 0.717) is 29.7 Å². The van der Waals surface area contributed by atoms with E-state index < -0.39 is 0 Å². The molecule has 2 aromatic carbocycles. The van der Waals surface area contributed by atoms with Crippen LogP contribution in [0.4, 0.5) is 0 Å². The molecule has 0 aliphatic carbocycles. The van der Waals surface area contributed by atoms with Gasteiger partial charge in [-0.25, -0.2) is 4.98 Å². The maximum atomic E-state index is 13.0. The average Bonchev–Trinajstić information content (AvgIpc) is 3.37. The van der Waals surface area contributed by atoms with Crippen molar-refractivity contribution in [2.24, 2.45) is 0 Å². The maximum absolute atomic E-state index is 13.0. The highest BCUT2D eigenvalue weighted by Crippen LogP contribution is 2.23. The van der Waals surface area contributed by atoms with Crippen LogP contribution in [0.2, 0.25) is 0 Å². The lowest BCUT2D eigenvalue weighted by Gasteiger charge is -2.19. The van der Waals surface area contributed by atoms with Crippen molar-refractivity contribution in [2.75, 3.05) is 13.2 Å². The number of benzene rings is 2. The van der Waals surface area contributed by atoms with Crippen LogP contribution < -0.4 is 10.1 Å². The third-order valence-corrected chi connectivity index (χ3v) is 6.19. The number of fused-ring (bicyclic) bond motifs is 1. The Bertz CT molecular complexity index is 1500. The molecule has 0 radical (unpaired) electrons. The second kappa shape index (κ2) is 12.9. The minimum atomic E-state index is -0.312. The first-order valence-corrected chi connectivity index (χ1v) is 12.9. The summed E-state index contributed by atoms with van der Waals surface area (Å²) in [5, 5.41) is 31.2. The Morgan fingerprint density at radius 2 is 1.97 bits per heavy atom. The molecule has 0 bridgehead atoms. The summed E-state index contributed by atoms with van der Waals surface area (Å²) in [6, 6.07) is 18.5. The predicted molar refractivity (Wildman–Crippen MR) is 150 cm³/mol. The number of nitriles is 1. The fourth-order valence-electron chi connectivity index (χ4n) is 4.34. The Hall–Kier alpha value is -4.45. The van der Waals surface area contributed by atoms with Crippen LogP contribution in [0.3, 0.4) is 0 Å². The van der Waals surface area contributed by atoms with Crippen LogP contribution in [-0.2, 0) is 6.42 Å². The van der Waals surface area contributed by atoms with Gasteiger partial charge >= 0.3 is 0 Å². The highest BCUT2D eigenvalue weighted by Gasteiger charge is 2.17. The third-order valence-electron chi connectivity index (χ3n) is 6.19. The molecule has 8 heteroatoms. The van der Waals surface area contributed by atoms with Gasteiger partial charge < -0.3 is 24.7 Å². The molecule has 4 aromatic rings. The van der Waals surface area contributed by atoms with Crippen LogP contribution in [0.1, 0.15) is 47.3 Å². The van der Waals surface area contributed by atoms with Crippen LogP contribution in [0.15, 0.2) is 73.1 Å². The summed E-state index contributed by atoms with van der Waals surface area (Å²) in [5.74, 6) is 0.132. The molecule has 200 valence electrons. The molecule has 0 fully saturated rings. The van der Waals surface area contributed by atoms with Gasteiger partial charge in [0.2, 0.25) is 0 Å². The number of aromatic nitrogens is 2. The zero-order chi connectivity index (χ0) is 27.8. The largest absolute Gasteiger partial charge is 0.490 e. The lowest BCUT2D eigenvalue weighted by atomic mass is 10.0. The monoisotopic (exact) mass is 524 g/mol. The molecule has 39 heavy (non-hydrogen) atoms. The lowest BCUT2D eigenvalue weighted by molar-refractivity contribution is 0.0930. The molecule has 1 unspecified atom stereocenters. The van der Waals surface area contributed by atoms with Gasteiger partial charge in [-0.1, -0.05) is 36.4 Å². The molecule has 0 spiro atoms. The number of hydrogen-bond acceptors (Lipinski definition) is 6. The number of carbonyl (C=O) groups is 1. The van der Waals surface area contributed by atoms with Crippen LogP contribution in [0.25, 0.3) is 23.0 Å². The molecule has 0 saturated heterocycles. The first-order valence-electron chi connectivity index (χ1n) is 12.9. The Balaban J connectivity index is 1.47. The van der Waals surface area contributed by atoms with Gasteiger partial charge in [0.05, 0.1) is 24.0 Å². The molecule has 1 atom stereocenters. The van der Waals surface area contributed by atoms with E-state index in [1.807, 2.05) is 73.1 Å². The van der Waals surface area contributed by atoms with Crippen molar-refractivity contribution >= 4 is 17.6 Å². The summed E-state index contributed by atoms with van der Waals surface area (Å²) in [6.45, 7) is 3.65. The summed E-state index contributed by atoms with van der Waals surface area (Å²) in [7, 11) is 0. The van der Waals surface area contributed by atoms with E-state index in [1.54, 1.807) is 18.2 Å². The Morgan fingerprint density at radius 1 is 1.18 bits per heavy atom. The molecule has 2 aromatic heterocycles. The number of nitrogens with one attached hydrogen (secondary N) is 1. The fraction of sp³-hybridized carbons (Fsp3) is 0.258. The number of carbonyl (C=O) groups excluding carboxylic acids is 1. The first kappa shape index (κ1) is 27.6. The predicted octanol–water partition coefficient (Wildman–Crippen LogP) is 4.39. The van der Waals surface area contributed by atoms with Crippen LogP contribution in [-0.4, -0.2) is 50.9 Å². The Labute approximate surface area is 227 Å². The van der Waals surface area contributed by atoms with Crippen LogP contribution >= 0.6 is 0 Å². The Kier molecular flexibility index (Phi) is 9.10. The van der Waals surface area contributed by atoms with Crippen molar-refractivity contribution in [2.45, 2.75) is 38.8 Å². The molecule has 1 amide bonds. The first-order chi connectivity index (χ1) is 18.9. The molecule has 3 N–H and O–H groups in total. The average molecular weight is 525 g/mol. The quantitative estimate of drug-likeness (QED) is 0.268. The molecule has 8 nitrogen and oxygen atoms in total. The molecular formula is C31H32N4O4. The summed E-state index contributed by atoms with van der Waals surface area (Å²) >= 11 is 0. The number of ether oxygens (including phenoxy) is 1. The van der Waals surface area contributed by atoms with Crippen LogP contribution in [0, 0.1) is 11.3 Å². The van der Waals surface area contributed by atoms with E-state index >= 15 is 0 Å². The molecule has 4 rings (SSSR count). The summed E-state index contributed by atoms with van der Waals surface area (Å²) in [4.78, 5) is 17.7. The van der Waals surface area contributed by atoms with Crippen molar-refractivity contribution in [3.05, 3.63) is 95.3 Å². The zero-order valence-electron chi connectivity index (χ0n) is 22.0. The molecule has 0 aliphatic rings. The van der Waals surface area contributed by atoms with E-state index in [9.17, 15) is 15.2 Å². The fourth-order valence-corrected chi connectivity index (χ4v) is 4.34. The topological polar surface area (TPSA) is 120 Å².